The van der Waals surface area contributed by atoms with Crippen molar-refractivity contribution in [2.45, 2.75) is 51.1 Å². The first-order chi connectivity index (χ1) is 11.6. The van der Waals surface area contributed by atoms with Gasteiger partial charge in [0.25, 0.3) is 0 Å². The highest BCUT2D eigenvalue weighted by Gasteiger charge is 2.26. The number of rotatable bonds is 3. The molecule has 1 aromatic heterocycles. The van der Waals surface area contributed by atoms with Gasteiger partial charge in [0.2, 0.25) is 0 Å². The van der Waals surface area contributed by atoms with E-state index in [9.17, 15) is 4.79 Å². The Morgan fingerprint density at radius 3 is 2.75 bits per heavy atom. The fourth-order valence-electron chi connectivity index (χ4n) is 3.79. The van der Waals surface area contributed by atoms with Gasteiger partial charge in [-0.25, -0.2) is 9.97 Å². The lowest BCUT2D eigenvalue weighted by Gasteiger charge is -2.27. The summed E-state index contributed by atoms with van der Waals surface area (Å²) in [4.78, 5) is 20.6. The molecule has 24 heavy (non-hydrogen) atoms. The van der Waals surface area contributed by atoms with Crippen molar-refractivity contribution in [3.8, 4) is 11.1 Å². The number of Topliss-reactive ketones (excluding diaryl/α,β-unsaturated/α-hetero) is 1. The average molecular weight is 322 g/mol. The molecule has 124 valence electrons. The minimum Gasteiger partial charge on any atom is -0.367 e. The minimum atomic E-state index is 0.0942. The van der Waals surface area contributed by atoms with E-state index in [1.807, 2.05) is 18.2 Å². The molecule has 0 unspecified atom stereocenters. The second-order valence-electron chi connectivity index (χ2n) is 6.90. The largest absolute Gasteiger partial charge is 0.367 e. The van der Waals surface area contributed by atoms with E-state index in [2.05, 4.69) is 15.3 Å². The van der Waals surface area contributed by atoms with E-state index in [4.69, 9.17) is 5.73 Å². The Balaban J connectivity index is 1.66. The number of fused-ring (bicyclic) bond motifs is 3. The van der Waals surface area contributed by atoms with Gasteiger partial charge < -0.3 is 11.1 Å². The van der Waals surface area contributed by atoms with Crippen molar-refractivity contribution in [1.29, 1.82) is 0 Å². The lowest BCUT2D eigenvalue weighted by atomic mass is 9.91. The van der Waals surface area contributed by atoms with Crippen molar-refractivity contribution in [1.82, 2.24) is 9.97 Å². The predicted molar refractivity (Wildman–Crippen MR) is 94.1 cm³/mol. The summed E-state index contributed by atoms with van der Waals surface area (Å²) < 4.78 is 0. The molecule has 5 nitrogen and oxygen atoms in total. The van der Waals surface area contributed by atoms with E-state index >= 15 is 0 Å². The molecule has 0 atom stereocenters. The van der Waals surface area contributed by atoms with Crippen LogP contribution in [0.5, 0.6) is 0 Å². The zero-order valence-corrected chi connectivity index (χ0v) is 13.9. The third-order valence-corrected chi connectivity index (χ3v) is 5.18. The third-order valence-electron chi connectivity index (χ3n) is 5.18. The summed E-state index contributed by atoms with van der Waals surface area (Å²) in [7, 11) is 0. The molecular weight excluding hydrogens is 300 g/mol. The van der Waals surface area contributed by atoms with Crippen LogP contribution in [0.4, 0.5) is 5.82 Å². The molecule has 4 rings (SSSR count). The van der Waals surface area contributed by atoms with Gasteiger partial charge in [0, 0.05) is 29.6 Å². The van der Waals surface area contributed by atoms with Gasteiger partial charge in [0.15, 0.2) is 5.78 Å². The summed E-state index contributed by atoms with van der Waals surface area (Å²) in [6.07, 6.45) is 6.67. The van der Waals surface area contributed by atoms with Crippen molar-refractivity contribution in [2.24, 2.45) is 5.73 Å². The van der Waals surface area contributed by atoms with Gasteiger partial charge in [-0.3, -0.25) is 4.79 Å². The van der Waals surface area contributed by atoms with Crippen LogP contribution in [0.15, 0.2) is 24.5 Å². The molecule has 0 bridgehead atoms. The van der Waals surface area contributed by atoms with E-state index in [0.717, 1.165) is 65.9 Å². The number of carbonyl (C=O) groups is 1. The molecule has 3 N–H and O–H groups in total. The van der Waals surface area contributed by atoms with Crippen LogP contribution in [0.25, 0.3) is 11.1 Å². The first-order valence-electron chi connectivity index (χ1n) is 8.62. The number of benzene rings is 1. The number of aromatic nitrogens is 2. The Labute approximate surface area is 141 Å². The molecule has 2 aliphatic carbocycles. The molecule has 1 fully saturated rings. The number of hydrogen-bond donors (Lipinski definition) is 2. The first-order valence-corrected chi connectivity index (χ1v) is 8.62. The Morgan fingerprint density at radius 2 is 2.00 bits per heavy atom. The van der Waals surface area contributed by atoms with Crippen molar-refractivity contribution in [3.63, 3.8) is 0 Å². The second kappa shape index (κ2) is 5.98. The van der Waals surface area contributed by atoms with Crippen LogP contribution >= 0.6 is 0 Å². The van der Waals surface area contributed by atoms with E-state index in [1.54, 1.807) is 13.3 Å². The maximum atomic E-state index is 11.6. The molecule has 0 amide bonds. The molecule has 5 heteroatoms. The molecule has 0 aliphatic heterocycles. The highest BCUT2D eigenvalue weighted by atomic mass is 16.1. The summed E-state index contributed by atoms with van der Waals surface area (Å²) in [5, 5.41) is 3.61. The molecule has 0 radical (unpaired) electrons. The maximum Gasteiger partial charge on any atom is 0.159 e. The minimum absolute atomic E-state index is 0.0942. The number of nitrogens with one attached hydrogen (secondary N) is 1. The quantitative estimate of drug-likeness (QED) is 0.725. The van der Waals surface area contributed by atoms with Crippen LogP contribution in [0.1, 0.15) is 54.2 Å². The monoisotopic (exact) mass is 322 g/mol. The van der Waals surface area contributed by atoms with Gasteiger partial charge in [-0.2, -0.15) is 0 Å². The topological polar surface area (TPSA) is 80.9 Å². The van der Waals surface area contributed by atoms with Gasteiger partial charge in [-0.1, -0.05) is 12.1 Å². The molecule has 2 aliphatic rings. The molecule has 0 saturated heterocycles. The Morgan fingerprint density at radius 1 is 1.21 bits per heavy atom. The number of hydrogen-bond acceptors (Lipinski definition) is 5. The molecule has 1 heterocycles. The van der Waals surface area contributed by atoms with E-state index in [-0.39, 0.29) is 5.78 Å². The summed E-state index contributed by atoms with van der Waals surface area (Å²) in [5.74, 6) is 1.01. The van der Waals surface area contributed by atoms with Crippen LogP contribution in [0, 0.1) is 0 Å². The van der Waals surface area contributed by atoms with E-state index in [1.165, 1.54) is 0 Å². The van der Waals surface area contributed by atoms with Crippen LogP contribution in [0.3, 0.4) is 0 Å². The lowest BCUT2D eigenvalue weighted by Crippen LogP contribution is -2.33. The van der Waals surface area contributed by atoms with Gasteiger partial charge >= 0.3 is 0 Å². The first kappa shape index (κ1) is 15.3. The summed E-state index contributed by atoms with van der Waals surface area (Å²) in [5.41, 5.74) is 11.2. The highest BCUT2D eigenvalue weighted by molar-refractivity contribution is 5.96. The summed E-state index contributed by atoms with van der Waals surface area (Å²) in [6, 6.07) is 6.67. The van der Waals surface area contributed by atoms with Crippen molar-refractivity contribution >= 4 is 11.6 Å². The van der Waals surface area contributed by atoms with Crippen LogP contribution in [-0.4, -0.2) is 27.8 Å². The maximum absolute atomic E-state index is 11.6. The Bertz CT molecular complexity index is 794. The smallest absolute Gasteiger partial charge is 0.159 e. The lowest BCUT2D eigenvalue weighted by molar-refractivity contribution is 0.101. The number of anilines is 1. The Hall–Kier alpha value is -2.27. The number of carbonyl (C=O) groups excluding carboxylic acids is 1. The standard InChI is InChI=1S/C19H22N4O/c1-11(24)12-2-7-16-13(8-12)9-17-18(16)19(22-10-21-17)23-15-5-3-14(20)4-6-15/h2,7-8,10,14-15H,3-6,9,20H2,1H3,(H,21,22,23). The summed E-state index contributed by atoms with van der Waals surface area (Å²) >= 11 is 0. The molecule has 1 saturated carbocycles. The predicted octanol–water partition coefficient (Wildman–Crippen LogP) is 2.93. The van der Waals surface area contributed by atoms with Crippen molar-refractivity contribution < 1.29 is 4.79 Å². The molecule has 1 aromatic carbocycles. The summed E-state index contributed by atoms with van der Waals surface area (Å²) in [6.45, 7) is 1.60. The Kier molecular flexibility index (Phi) is 3.81. The van der Waals surface area contributed by atoms with Gasteiger partial charge in [0.05, 0.1) is 5.69 Å². The van der Waals surface area contributed by atoms with Gasteiger partial charge in [-0.05, 0) is 49.8 Å². The zero-order chi connectivity index (χ0) is 16.7. The molecular formula is C19H22N4O. The number of ketones is 1. The highest BCUT2D eigenvalue weighted by Crippen LogP contribution is 2.40. The van der Waals surface area contributed by atoms with E-state index in [0.29, 0.717) is 12.1 Å². The van der Waals surface area contributed by atoms with Gasteiger partial charge in [0.1, 0.15) is 12.1 Å². The average Bonchev–Trinajstić information content (AvgIpc) is 2.95. The fraction of sp³-hybridized carbons (Fsp3) is 0.421. The van der Waals surface area contributed by atoms with Crippen molar-refractivity contribution in [3.05, 3.63) is 41.3 Å². The normalized spacial score (nSPS) is 21.9. The molecule has 0 spiro atoms. The van der Waals surface area contributed by atoms with Crippen LogP contribution in [0.2, 0.25) is 0 Å². The number of nitrogens with two attached hydrogens (primary N) is 1. The zero-order valence-electron chi connectivity index (χ0n) is 13.9. The van der Waals surface area contributed by atoms with Crippen molar-refractivity contribution in [2.75, 3.05) is 5.32 Å². The molecule has 2 aromatic rings. The van der Waals surface area contributed by atoms with E-state index < -0.39 is 0 Å². The third kappa shape index (κ3) is 2.69. The number of nitrogens with zero attached hydrogens (tertiary/aromatic N) is 2. The van der Waals surface area contributed by atoms with Crippen LogP contribution in [-0.2, 0) is 6.42 Å². The second-order valence-corrected chi connectivity index (χ2v) is 6.90. The van der Waals surface area contributed by atoms with Gasteiger partial charge in [-0.15, -0.1) is 0 Å². The van der Waals surface area contributed by atoms with Crippen LogP contribution < -0.4 is 11.1 Å². The SMILES string of the molecule is CC(=O)c1ccc2c(c1)Cc1ncnc(NC3CCC(N)CC3)c1-2. The fourth-order valence-corrected chi connectivity index (χ4v) is 3.79.